The molecule has 0 heterocycles. The Labute approximate surface area is 251 Å². The maximum atomic E-state index is 14.1. The molecular weight excluding hydrogens is 589 g/mol. The van der Waals surface area contributed by atoms with Crippen molar-refractivity contribution in [2.24, 2.45) is 0 Å². The van der Waals surface area contributed by atoms with E-state index >= 15 is 0 Å². The predicted octanol–water partition coefficient (Wildman–Crippen LogP) is 4.55. The van der Waals surface area contributed by atoms with E-state index in [-0.39, 0.29) is 35.3 Å². The molecular formula is C29H33Cl2N3O6S. The van der Waals surface area contributed by atoms with E-state index in [2.05, 4.69) is 5.32 Å². The molecule has 12 heteroatoms. The summed E-state index contributed by atoms with van der Waals surface area (Å²) in [4.78, 5) is 28.9. The van der Waals surface area contributed by atoms with Gasteiger partial charge in [-0.1, -0.05) is 59.6 Å². The van der Waals surface area contributed by atoms with Gasteiger partial charge in [0, 0.05) is 25.6 Å². The van der Waals surface area contributed by atoms with Gasteiger partial charge in [-0.15, -0.1) is 0 Å². The largest absolute Gasteiger partial charge is 0.497 e. The van der Waals surface area contributed by atoms with Crippen LogP contribution in [-0.4, -0.2) is 64.7 Å². The lowest BCUT2D eigenvalue weighted by Crippen LogP contribution is -2.53. The first-order valence-electron chi connectivity index (χ1n) is 12.7. The lowest BCUT2D eigenvalue weighted by Gasteiger charge is -2.33. The quantitative estimate of drug-likeness (QED) is 0.300. The number of amides is 2. The number of rotatable bonds is 13. The Hall–Kier alpha value is -3.47. The van der Waals surface area contributed by atoms with E-state index in [0.717, 1.165) is 16.1 Å². The smallest absolute Gasteiger partial charge is 0.244 e. The number of sulfonamides is 1. The number of carbonyl (C=O) groups is 2. The first-order chi connectivity index (χ1) is 19.5. The van der Waals surface area contributed by atoms with E-state index in [1.165, 1.54) is 25.2 Å². The van der Waals surface area contributed by atoms with E-state index in [4.69, 9.17) is 32.7 Å². The molecule has 0 radical (unpaired) electrons. The number of carbonyl (C=O) groups excluding carboxylic acids is 2. The van der Waals surface area contributed by atoms with E-state index in [9.17, 15) is 18.0 Å². The van der Waals surface area contributed by atoms with Crippen LogP contribution in [0.2, 0.25) is 10.0 Å². The Kier molecular flexibility index (Phi) is 11.3. The summed E-state index contributed by atoms with van der Waals surface area (Å²) in [6.45, 7) is 1.49. The third kappa shape index (κ3) is 8.51. The maximum Gasteiger partial charge on any atom is 0.244 e. The van der Waals surface area contributed by atoms with Crippen LogP contribution in [-0.2, 0) is 32.6 Å². The minimum Gasteiger partial charge on any atom is -0.497 e. The Morgan fingerprint density at radius 3 is 2.22 bits per heavy atom. The van der Waals surface area contributed by atoms with Crippen molar-refractivity contribution >= 4 is 50.7 Å². The average molecular weight is 623 g/mol. The van der Waals surface area contributed by atoms with Gasteiger partial charge >= 0.3 is 0 Å². The van der Waals surface area contributed by atoms with Gasteiger partial charge < -0.3 is 19.7 Å². The van der Waals surface area contributed by atoms with Gasteiger partial charge in [-0.25, -0.2) is 8.42 Å². The molecule has 0 aliphatic carbocycles. The second kappa shape index (κ2) is 14.4. The van der Waals surface area contributed by atoms with Crippen LogP contribution in [0.15, 0.2) is 66.7 Å². The molecule has 1 N–H and O–H groups in total. The van der Waals surface area contributed by atoms with E-state index in [1.54, 1.807) is 37.3 Å². The highest BCUT2D eigenvalue weighted by molar-refractivity contribution is 7.92. The molecule has 0 aromatic heterocycles. The Balaban J connectivity index is 2.11. The lowest BCUT2D eigenvalue weighted by atomic mass is 10.0. The van der Waals surface area contributed by atoms with Gasteiger partial charge in [-0.2, -0.15) is 0 Å². The summed E-state index contributed by atoms with van der Waals surface area (Å²) in [6, 6.07) is 17.9. The topological polar surface area (TPSA) is 105 Å². The van der Waals surface area contributed by atoms with Crippen LogP contribution < -0.4 is 19.1 Å². The molecule has 0 bridgehead atoms. The summed E-state index contributed by atoms with van der Waals surface area (Å²) in [5.74, 6) is -0.392. The van der Waals surface area contributed by atoms with Crippen molar-refractivity contribution in [1.82, 2.24) is 10.2 Å². The standard InChI is InChI=1S/C29H33Cl2N3O6S/c1-5-32-29(36)26(16-20-9-7-6-8-10-20)33(18-21-11-13-23(30)24(31)15-21)28(35)19-34(41(4,37)38)25-17-22(39-2)12-14-27(25)40-3/h6-15,17,26H,5,16,18-19H2,1-4H3,(H,32,36)/t26-/m1/s1. The average Bonchev–Trinajstić information content (AvgIpc) is 2.95. The van der Waals surface area contributed by atoms with Crippen molar-refractivity contribution in [2.75, 3.05) is 37.9 Å². The molecule has 0 unspecified atom stereocenters. The first-order valence-corrected chi connectivity index (χ1v) is 15.3. The number of methoxy groups -OCH3 is 2. The Morgan fingerprint density at radius 2 is 1.63 bits per heavy atom. The van der Waals surface area contributed by atoms with Gasteiger partial charge in [0.05, 0.1) is 36.2 Å². The van der Waals surface area contributed by atoms with Crippen molar-refractivity contribution in [3.8, 4) is 11.5 Å². The summed E-state index contributed by atoms with van der Waals surface area (Å²) < 4.78 is 37.7. The number of nitrogens with one attached hydrogen (secondary N) is 1. The summed E-state index contributed by atoms with van der Waals surface area (Å²) in [5, 5.41) is 3.43. The van der Waals surface area contributed by atoms with E-state index in [0.29, 0.717) is 22.9 Å². The van der Waals surface area contributed by atoms with Gasteiger partial charge in [0.2, 0.25) is 21.8 Å². The van der Waals surface area contributed by atoms with Crippen LogP contribution in [0.1, 0.15) is 18.1 Å². The zero-order valence-electron chi connectivity index (χ0n) is 23.3. The zero-order chi connectivity index (χ0) is 30.2. The second-order valence-corrected chi connectivity index (χ2v) is 11.9. The van der Waals surface area contributed by atoms with Crippen molar-refractivity contribution in [2.45, 2.75) is 25.9 Å². The molecule has 220 valence electrons. The highest BCUT2D eigenvalue weighted by Crippen LogP contribution is 2.34. The van der Waals surface area contributed by atoms with Gasteiger partial charge in [0.25, 0.3) is 0 Å². The minimum atomic E-state index is -3.99. The lowest BCUT2D eigenvalue weighted by molar-refractivity contribution is -0.140. The minimum absolute atomic E-state index is 0.0306. The molecule has 0 saturated carbocycles. The van der Waals surface area contributed by atoms with Crippen LogP contribution in [0.5, 0.6) is 11.5 Å². The zero-order valence-corrected chi connectivity index (χ0v) is 25.6. The molecule has 9 nitrogen and oxygen atoms in total. The molecule has 41 heavy (non-hydrogen) atoms. The number of ether oxygens (including phenoxy) is 2. The molecule has 0 spiro atoms. The summed E-state index contributed by atoms with van der Waals surface area (Å²) in [6.07, 6.45) is 1.19. The maximum absolute atomic E-state index is 14.1. The number of benzene rings is 3. The molecule has 3 rings (SSSR count). The summed E-state index contributed by atoms with van der Waals surface area (Å²) in [7, 11) is -1.15. The van der Waals surface area contributed by atoms with Gasteiger partial charge in [-0.3, -0.25) is 13.9 Å². The monoisotopic (exact) mass is 621 g/mol. The van der Waals surface area contributed by atoms with Gasteiger partial charge in [0.1, 0.15) is 24.1 Å². The van der Waals surface area contributed by atoms with Crippen LogP contribution in [0.25, 0.3) is 0 Å². The molecule has 2 amide bonds. The highest BCUT2D eigenvalue weighted by atomic mass is 35.5. The molecule has 0 aliphatic rings. The van der Waals surface area contributed by atoms with Crippen molar-refractivity contribution in [3.63, 3.8) is 0 Å². The van der Waals surface area contributed by atoms with Gasteiger partial charge in [-0.05, 0) is 42.3 Å². The fraction of sp³-hybridized carbons (Fsp3) is 0.310. The third-order valence-electron chi connectivity index (χ3n) is 6.29. The van der Waals surface area contributed by atoms with E-state index in [1.807, 2.05) is 30.3 Å². The molecule has 0 aliphatic heterocycles. The molecule has 1 atom stereocenters. The number of likely N-dealkylation sites (N-methyl/N-ethyl adjacent to an activating group) is 1. The molecule has 3 aromatic carbocycles. The van der Waals surface area contributed by atoms with Crippen molar-refractivity contribution < 1.29 is 27.5 Å². The Bertz CT molecular complexity index is 1470. The number of nitrogens with zero attached hydrogens (tertiary/aromatic N) is 2. The number of anilines is 1. The number of hydrogen-bond acceptors (Lipinski definition) is 6. The van der Waals surface area contributed by atoms with Crippen LogP contribution in [0.3, 0.4) is 0 Å². The van der Waals surface area contributed by atoms with Gasteiger partial charge in [0.15, 0.2) is 0 Å². The van der Waals surface area contributed by atoms with Crippen LogP contribution in [0, 0.1) is 0 Å². The second-order valence-electron chi connectivity index (χ2n) is 9.18. The SMILES string of the molecule is CCNC(=O)[C@@H](Cc1ccccc1)N(Cc1ccc(Cl)c(Cl)c1)C(=O)CN(c1cc(OC)ccc1OC)S(C)(=O)=O. The highest BCUT2D eigenvalue weighted by Gasteiger charge is 2.33. The fourth-order valence-corrected chi connectivity index (χ4v) is 5.43. The number of halogens is 2. The Morgan fingerprint density at radius 1 is 0.927 bits per heavy atom. The third-order valence-corrected chi connectivity index (χ3v) is 8.16. The van der Waals surface area contributed by atoms with Crippen LogP contribution >= 0.6 is 23.2 Å². The summed E-state index contributed by atoms with van der Waals surface area (Å²) >= 11 is 12.4. The number of hydrogen-bond donors (Lipinski definition) is 1. The normalized spacial score (nSPS) is 11.9. The molecule has 0 saturated heterocycles. The fourth-order valence-electron chi connectivity index (χ4n) is 4.27. The van der Waals surface area contributed by atoms with Crippen molar-refractivity contribution in [3.05, 3.63) is 87.9 Å². The van der Waals surface area contributed by atoms with E-state index < -0.39 is 28.5 Å². The van der Waals surface area contributed by atoms with Crippen molar-refractivity contribution in [1.29, 1.82) is 0 Å². The van der Waals surface area contributed by atoms with Crippen LogP contribution in [0.4, 0.5) is 5.69 Å². The summed E-state index contributed by atoms with van der Waals surface area (Å²) in [5.41, 5.74) is 1.56. The molecule has 0 fully saturated rings. The predicted molar refractivity (Wildman–Crippen MR) is 161 cm³/mol. The first kappa shape index (κ1) is 32.0. The molecule has 3 aromatic rings.